The summed E-state index contributed by atoms with van der Waals surface area (Å²) in [6.07, 6.45) is 2.83. The van der Waals surface area contributed by atoms with Crippen molar-refractivity contribution in [3.8, 4) is 0 Å². The Hall–Kier alpha value is -0.570. The highest BCUT2D eigenvalue weighted by atomic mass is 16.5. The standard InChI is InChI=1S/C10H19NO2.C2H6/c1-3-10(12)11-6-4-9(5-7-11)8-13-2;1-2/h9H,3-8H2,1-2H3;1-2H3. The molecule has 1 amide bonds. The van der Waals surface area contributed by atoms with Crippen LogP contribution < -0.4 is 0 Å². The van der Waals surface area contributed by atoms with Gasteiger partial charge in [0.15, 0.2) is 0 Å². The lowest BCUT2D eigenvalue weighted by Gasteiger charge is -2.31. The number of amides is 1. The molecule has 1 aliphatic rings. The number of rotatable bonds is 3. The summed E-state index contributed by atoms with van der Waals surface area (Å²) in [4.78, 5) is 13.3. The van der Waals surface area contributed by atoms with Gasteiger partial charge in [-0.25, -0.2) is 0 Å². The third-order valence-electron chi connectivity index (χ3n) is 2.67. The molecule has 1 fully saturated rings. The van der Waals surface area contributed by atoms with Crippen molar-refractivity contribution in [1.29, 1.82) is 0 Å². The lowest BCUT2D eigenvalue weighted by Crippen LogP contribution is -2.38. The fraction of sp³-hybridized carbons (Fsp3) is 0.917. The van der Waals surface area contributed by atoms with Gasteiger partial charge in [-0.1, -0.05) is 20.8 Å². The summed E-state index contributed by atoms with van der Waals surface area (Å²) in [6, 6.07) is 0. The molecular formula is C12H25NO2. The molecule has 0 aromatic rings. The molecular weight excluding hydrogens is 190 g/mol. The molecule has 0 aromatic carbocycles. The summed E-state index contributed by atoms with van der Waals surface area (Å²) in [5.41, 5.74) is 0. The monoisotopic (exact) mass is 215 g/mol. The molecule has 15 heavy (non-hydrogen) atoms. The predicted molar refractivity (Wildman–Crippen MR) is 62.8 cm³/mol. The summed E-state index contributed by atoms with van der Waals surface area (Å²) < 4.78 is 5.10. The zero-order valence-corrected chi connectivity index (χ0v) is 10.6. The van der Waals surface area contributed by atoms with Crippen molar-refractivity contribution in [3.05, 3.63) is 0 Å². The van der Waals surface area contributed by atoms with Crippen LogP contribution in [0.5, 0.6) is 0 Å². The van der Waals surface area contributed by atoms with Crippen molar-refractivity contribution in [2.75, 3.05) is 26.8 Å². The molecule has 0 saturated carbocycles. The van der Waals surface area contributed by atoms with E-state index in [2.05, 4.69) is 0 Å². The second-order valence-electron chi connectivity index (χ2n) is 3.63. The van der Waals surface area contributed by atoms with Gasteiger partial charge >= 0.3 is 0 Å². The van der Waals surface area contributed by atoms with E-state index in [1.54, 1.807) is 7.11 Å². The average Bonchev–Trinajstić information content (AvgIpc) is 2.32. The van der Waals surface area contributed by atoms with Crippen molar-refractivity contribution < 1.29 is 9.53 Å². The Balaban J connectivity index is 0.000000921. The van der Waals surface area contributed by atoms with Crippen molar-refractivity contribution >= 4 is 5.91 Å². The van der Waals surface area contributed by atoms with E-state index in [4.69, 9.17) is 4.74 Å². The number of methoxy groups -OCH3 is 1. The van der Waals surface area contributed by atoms with Crippen LogP contribution in [0.15, 0.2) is 0 Å². The maximum absolute atomic E-state index is 11.3. The number of carbonyl (C=O) groups is 1. The number of ether oxygens (including phenoxy) is 1. The van der Waals surface area contributed by atoms with Crippen LogP contribution in [-0.4, -0.2) is 37.6 Å². The minimum atomic E-state index is 0.288. The van der Waals surface area contributed by atoms with Crippen molar-refractivity contribution in [3.63, 3.8) is 0 Å². The summed E-state index contributed by atoms with van der Waals surface area (Å²) in [7, 11) is 1.74. The van der Waals surface area contributed by atoms with Gasteiger partial charge in [-0.3, -0.25) is 4.79 Å². The van der Waals surface area contributed by atoms with Crippen molar-refractivity contribution in [2.45, 2.75) is 40.0 Å². The number of hydrogen-bond donors (Lipinski definition) is 0. The Bertz CT molecular complexity index is 163. The highest BCUT2D eigenvalue weighted by molar-refractivity contribution is 5.75. The van der Waals surface area contributed by atoms with Gasteiger partial charge in [-0.15, -0.1) is 0 Å². The number of likely N-dealkylation sites (tertiary alicyclic amines) is 1. The van der Waals surface area contributed by atoms with E-state index in [0.29, 0.717) is 12.3 Å². The Labute approximate surface area is 93.8 Å². The van der Waals surface area contributed by atoms with Gasteiger partial charge in [-0.2, -0.15) is 0 Å². The molecule has 3 nitrogen and oxygen atoms in total. The van der Waals surface area contributed by atoms with E-state index in [1.807, 2.05) is 25.7 Å². The first-order valence-electron chi connectivity index (χ1n) is 6.04. The summed E-state index contributed by atoms with van der Waals surface area (Å²) in [5, 5.41) is 0. The van der Waals surface area contributed by atoms with Crippen LogP contribution in [0.2, 0.25) is 0 Å². The first-order chi connectivity index (χ1) is 7.27. The maximum atomic E-state index is 11.3. The second-order valence-corrected chi connectivity index (χ2v) is 3.63. The molecule has 0 atom stereocenters. The zero-order chi connectivity index (χ0) is 11.7. The number of nitrogens with zero attached hydrogens (tertiary/aromatic N) is 1. The lowest BCUT2D eigenvalue weighted by molar-refractivity contribution is -0.132. The summed E-state index contributed by atoms with van der Waals surface area (Å²) in [5.74, 6) is 0.946. The molecule has 1 heterocycles. The molecule has 0 N–H and O–H groups in total. The largest absolute Gasteiger partial charge is 0.384 e. The molecule has 90 valence electrons. The minimum Gasteiger partial charge on any atom is -0.384 e. The molecule has 0 spiro atoms. The molecule has 0 aliphatic carbocycles. The molecule has 0 unspecified atom stereocenters. The van der Waals surface area contributed by atoms with Gasteiger partial charge < -0.3 is 9.64 Å². The zero-order valence-electron chi connectivity index (χ0n) is 10.6. The molecule has 0 bridgehead atoms. The van der Waals surface area contributed by atoms with E-state index in [0.717, 1.165) is 32.5 Å². The SMILES string of the molecule is CC.CCC(=O)N1CCC(COC)CC1. The fourth-order valence-corrected chi connectivity index (χ4v) is 1.81. The minimum absolute atomic E-state index is 0.288. The number of hydrogen-bond acceptors (Lipinski definition) is 2. The molecule has 3 heteroatoms. The highest BCUT2D eigenvalue weighted by Gasteiger charge is 2.21. The number of carbonyl (C=O) groups excluding carboxylic acids is 1. The van der Waals surface area contributed by atoms with Crippen LogP contribution >= 0.6 is 0 Å². The fourth-order valence-electron chi connectivity index (χ4n) is 1.81. The molecule has 0 aromatic heterocycles. The molecule has 1 rings (SSSR count). The van der Waals surface area contributed by atoms with Crippen LogP contribution in [-0.2, 0) is 9.53 Å². The van der Waals surface area contributed by atoms with E-state index in [-0.39, 0.29) is 5.91 Å². The van der Waals surface area contributed by atoms with E-state index < -0.39 is 0 Å². The molecule has 1 saturated heterocycles. The normalized spacial score (nSPS) is 16.9. The van der Waals surface area contributed by atoms with Gasteiger partial charge in [0.2, 0.25) is 5.91 Å². The first kappa shape index (κ1) is 14.4. The predicted octanol–water partition coefficient (Wildman–Crippen LogP) is 2.31. The quantitative estimate of drug-likeness (QED) is 0.723. The van der Waals surface area contributed by atoms with Crippen LogP contribution in [0.4, 0.5) is 0 Å². The Morgan fingerprint density at radius 3 is 2.27 bits per heavy atom. The third kappa shape index (κ3) is 5.17. The van der Waals surface area contributed by atoms with E-state index >= 15 is 0 Å². The van der Waals surface area contributed by atoms with Crippen molar-refractivity contribution in [1.82, 2.24) is 4.90 Å². The average molecular weight is 215 g/mol. The van der Waals surface area contributed by atoms with Crippen LogP contribution in [0.1, 0.15) is 40.0 Å². The number of piperidine rings is 1. The van der Waals surface area contributed by atoms with Gasteiger partial charge in [0.05, 0.1) is 0 Å². The van der Waals surface area contributed by atoms with Crippen LogP contribution in [0.25, 0.3) is 0 Å². The first-order valence-corrected chi connectivity index (χ1v) is 6.04. The summed E-state index contributed by atoms with van der Waals surface area (Å²) in [6.45, 7) is 8.60. The maximum Gasteiger partial charge on any atom is 0.222 e. The van der Waals surface area contributed by atoms with Crippen LogP contribution in [0.3, 0.4) is 0 Å². The highest BCUT2D eigenvalue weighted by Crippen LogP contribution is 2.17. The molecule has 1 aliphatic heterocycles. The Kier molecular flexibility index (Phi) is 8.38. The van der Waals surface area contributed by atoms with Gasteiger partial charge in [0.25, 0.3) is 0 Å². The topological polar surface area (TPSA) is 29.5 Å². The van der Waals surface area contributed by atoms with Gasteiger partial charge in [0.1, 0.15) is 0 Å². The van der Waals surface area contributed by atoms with Crippen molar-refractivity contribution in [2.24, 2.45) is 5.92 Å². The lowest BCUT2D eigenvalue weighted by atomic mass is 9.98. The van der Waals surface area contributed by atoms with E-state index in [1.165, 1.54) is 0 Å². The molecule has 0 radical (unpaired) electrons. The van der Waals surface area contributed by atoms with Gasteiger partial charge in [-0.05, 0) is 18.8 Å². The third-order valence-corrected chi connectivity index (χ3v) is 2.67. The van der Waals surface area contributed by atoms with Crippen LogP contribution in [0, 0.1) is 5.92 Å². The van der Waals surface area contributed by atoms with Gasteiger partial charge in [0, 0.05) is 33.2 Å². The van der Waals surface area contributed by atoms with E-state index in [9.17, 15) is 4.79 Å². The Morgan fingerprint density at radius 1 is 1.33 bits per heavy atom. The second kappa shape index (κ2) is 8.72. The Morgan fingerprint density at radius 2 is 1.87 bits per heavy atom. The smallest absolute Gasteiger partial charge is 0.222 e. The summed E-state index contributed by atoms with van der Waals surface area (Å²) >= 11 is 0.